The molecule has 158 valence electrons. The molecule has 0 fully saturated rings. The Morgan fingerprint density at radius 2 is 1.65 bits per heavy atom. The number of allylic oxidation sites excluding steroid dienone is 1. The summed E-state index contributed by atoms with van der Waals surface area (Å²) >= 11 is 0. The van der Waals surface area contributed by atoms with Crippen molar-refractivity contribution in [2.45, 2.75) is 38.9 Å². The lowest BCUT2D eigenvalue weighted by Gasteiger charge is -2.40. The maximum absolute atomic E-state index is 13.8. The van der Waals surface area contributed by atoms with Crippen LogP contribution in [-0.4, -0.2) is 5.78 Å². The van der Waals surface area contributed by atoms with E-state index < -0.39 is 17.8 Å². The van der Waals surface area contributed by atoms with E-state index in [-0.39, 0.29) is 16.8 Å². The Balaban J connectivity index is 1.81. The van der Waals surface area contributed by atoms with E-state index in [1.807, 2.05) is 50.2 Å². The van der Waals surface area contributed by atoms with Gasteiger partial charge < -0.3 is 5.32 Å². The van der Waals surface area contributed by atoms with Gasteiger partial charge in [0.05, 0.1) is 11.6 Å². The molecule has 1 unspecified atom stereocenters. The van der Waals surface area contributed by atoms with Gasteiger partial charge in [0, 0.05) is 23.2 Å². The molecule has 0 aromatic heterocycles. The van der Waals surface area contributed by atoms with Crippen molar-refractivity contribution in [1.29, 1.82) is 0 Å². The summed E-state index contributed by atoms with van der Waals surface area (Å²) < 4.78 is 41.5. The second kappa shape index (κ2) is 6.71. The van der Waals surface area contributed by atoms with Gasteiger partial charge in [-0.25, -0.2) is 0 Å². The van der Waals surface area contributed by atoms with Gasteiger partial charge in [0.15, 0.2) is 5.78 Å². The minimum atomic E-state index is -4.50. The maximum atomic E-state index is 13.8. The van der Waals surface area contributed by atoms with Gasteiger partial charge in [-0.15, -0.1) is 0 Å². The Labute approximate surface area is 178 Å². The molecule has 31 heavy (non-hydrogen) atoms. The molecule has 1 heterocycles. The molecule has 0 bridgehead atoms. The van der Waals surface area contributed by atoms with Gasteiger partial charge in [-0.2, -0.15) is 13.2 Å². The Hall–Kier alpha value is -3.08. The number of carbonyl (C=O) groups is 1. The third-order valence-electron chi connectivity index (χ3n) is 6.32. The van der Waals surface area contributed by atoms with Crippen LogP contribution in [0.15, 0.2) is 66.2 Å². The van der Waals surface area contributed by atoms with Crippen LogP contribution in [0, 0.1) is 5.41 Å². The molecule has 1 atom stereocenters. The fourth-order valence-corrected chi connectivity index (χ4v) is 5.08. The number of hydrogen-bond donors (Lipinski definition) is 1. The van der Waals surface area contributed by atoms with Crippen LogP contribution in [0.3, 0.4) is 0 Å². The highest BCUT2D eigenvalue weighted by atomic mass is 19.4. The SMILES string of the molecule is CC1(C)CC(=O)C2=C(C1)c1c(ccc3ccccc13)NC2c1ccccc1C(F)(F)F. The number of hydrogen-bond acceptors (Lipinski definition) is 2. The minimum Gasteiger partial charge on any atom is -0.373 e. The third-order valence-corrected chi connectivity index (χ3v) is 6.32. The maximum Gasteiger partial charge on any atom is 0.416 e. The van der Waals surface area contributed by atoms with Crippen LogP contribution in [0.2, 0.25) is 0 Å². The molecule has 0 spiro atoms. The van der Waals surface area contributed by atoms with Gasteiger partial charge in [-0.05, 0) is 45.9 Å². The normalized spacial score (nSPS) is 20.3. The highest BCUT2D eigenvalue weighted by molar-refractivity contribution is 6.12. The molecule has 3 aromatic rings. The van der Waals surface area contributed by atoms with Crippen molar-refractivity contribution in [3.63, 3.8) is 0 Å². The largest absolute Gasteiger partial charge is 0.416 e. The van der Waals surface area contributed by atoms with E-state index in [9.17, 15) is 18.0 Å². The molecule has 1 aliphatic carbocycles. The number of benzene rings is 3. The van der Waals surface area contributed by atoms with Crippen molar-refractivity contribution in [3.8, 4) is 0 Å². The quantitative estimate of drug-likeness (QED) is 0.451. The van der Waals surface area contributed by atoms with Crippen LogP contribution in [0.4, 0.5) is 18.9 Å². The predicted octanol–water partition coefficient (Wildman–Crippen LogP) is 7.17. The standard InChI is InChI=1S/C26H22F3NO/c1-25(2)13-18-22-16-8-4-3-7-15(16)11-12-20(22)30-24(23(18)21(31)14-25)17-9-5-6-10-19(17)26(27,28)29/h3-12,24,30H,13-14H2,1-2H3. The lowest BCUT2D eigenvalue weighted by molar-refractivity contribution is -0.138. The van der Waals surface area contributed by atoms with E-state index in [2.05, 4.69) is 5.32 Å². The second-order valence-electron chi connectivity index (χ2n) is 9.20. The molecule has 3 aromatic carbocycles. The average molecular weight is 421 g/mol. The molecule has 0 amide bonds. The molecule has 0 radical (unpaired) electrons. The van der Waals surface area contributed by atoms with Gasteiger partial charge >= 0.3 is 6.18 Å². The summed E-state index contributed by atoms with van der Waals surface area (Å²) in [5.41, 5.74) is 2.18. The van der Waals surface area contributed by atoms with Crippen molar-refractivity contribution in [2.75, 3.05) is 5.32 Å². The first kappa shape index (κ1) is 19.9. The molecular weight excluding hydrogens is 399 g/mol. The highest BCUT2D eigenvalue weighted by Crippen LogP contribution is 2.53. The molecule has 1 aliphatic heterocycles. The number of anilines is 1. The summed E-state index contributed by atoms with van der Waals surface area (Å²) in [5.74, 6) is -0.0840. The Bertz CT molecular complexity index is 1250. The van der Waals surface area contributed by atoms with E-state index in [0.29, 0.717) is 18.4 Å². The predicted molar refractivity (Wildman–Crippen MR) is 117 cm³/mol. The number of ketones is 1. The first-order valence-corrected chi connectivity index (χ1v) is 10.4. The lowest BCUT2D eigenvalue weighted by Crippen LogP contribution is -2.34. The zero-order chi connectivity index (χ0) is 22.0. The van der Waals surface area contributed by atoms with E-state index in [4.69, 9.17) is 0 Å². The molecular formula is C26H22F3NO. The van der Waals surface area contributed by atoms with Crippen molar-refractivity contribution in [3.05, 3.63) is 82.9 Å². The Morgan fingerprint density at radius 1 is 0.935 bits per heavy atom. The highest BCUT2D eigenvalue weighted by Gasteiger charge is 2.43. The van der Waals surface area contributed by atoms with Crippen molar-refractivity contribution < 1.29 is 18.0 Å². The summed E-state index contributed by atoms with van der Waals surface area (Å²) in [5, 5.41) is 5.35. The number of fused-ring (bicyclic) bond motifs is 4. The van der Waals surface area contributed by atoms with Crippen LogP contribution in [0.25, 0.3) is 16.3 Å². The first-order valence-electron chi connectivity index (χ1n) is 10.4. The van der Waals surface area contributed by atoms with E-state index in [0.717, 1.165) is 33.7 Å². The van der Waals surface area contributed by atoms with Crippen molar-refractivity contribution in [2.24, 2.45) is 5.41 Å². The third kappa shape index (κ3) is 3.23. The number of halogens is 3. The zero-order valence-electron chi connectivity index (χ0n) is 17.3. The Kier molecular flexibility index (Phi) is 4.30. The Morgan fingerprint density at radius 3 is 2.42 bits per heavy atom. The molecule has 2 nitrogen and oxygen atoms in total. The van der Waals surface area contributed by atoms with Crippen LogP contribution in [0.5, 0.6) is 0 Å². The monoisotopic (exact) mass is 421 g/mol. The minimum absolute atomic E-state index is 0.0840. The van der Waals surface area contributed by atoms with Crippen LogP contribution in [-0.2, 0) is 11.0 Å². The molecule has 2 aliphatic rings. The average Bonchev–Trinajstić information content (AvgIpc) is 2.71. The fourth-order valence-electron chi connectivity index (χ4n) is 5.08. The van der Waals surface area contributed by atoms with Gasteiger partial charge in [0.2, 0.25) is 0 Å². The van der Waals surface area contributed by atoms with Gasteiger partial charge in [0.25, 0.3) is 0 Å². The zero-order valence-corrected chi connectivity index (χ0v) is 17.3. The van der Waals surface area contributed by atoms with Crippen LogP contribution < -0.4 is 5.32 Å². The van der Waals surface area contributed by atoms with Gasteiger partial charge in [0.1, 0.15) is 0 Å². The lowest BCUT2D eigenvalue weighted by atomic mass is 9.67. The van der Waals surface area contributed by atoms with E-state index in [1.54, 1.807) is 6.07 Å². The van der Waals surface area contributed by atoms with Crippen LogP contribution in [0.1, 0.15) is 49.4 Å². The number of nitrogens with one attached hydrogen (secondary N) is 1. The number of Topliss-reactive ketones (excluding diaryl/α,β-unsaturated/α-hetero) is 1. The van der Waals surface area contributed by atoms with Gasteiger partial charge in [-0.1, -0.05) is 62.4 Å². The smallest absolute Gasteiger partial charge is 0.373 e. The first-order chi connectivity index (χ1) is 14.7. The summed E-state index contributed by atoms with van der Waals surface area (Å²) in [6.45, 7) is 4.08. The van der Waals surface area contributed by atoms with E-state index in [1.165, 1.54) is 12.1 Å². The number of carbonyl (C=O) groups excluding carboxylic acids is 1. The molecule has 0 saturated heterocycles. The molecule has 0 saturated carbocycles. The molecule has 5 heteroatoms. The van der Waals surface area contributed by atoms with E-state index >= 15 is 0 Å². The summed E-state index contributed by atoms with van der Waals surface area (Å²) in [6.07, 6.45) is -3.54. The molecule has 5 rings (SSSR count). The van der Waals surface area contributed by atoms with Gasteiger partial charge in [-0.3, -0.25) is 4.79 Å². The fraction of sp³-hybridized carbons (Fsp3) is 0.269. The number of rotatable bonds is 1. The second-order valence-corrected chi connectivity index (χ2v) is 9.20. The summed E-state index contributed by atoms with van der Waals surface area (Å²) in [7, 11) is 0. The van der Waals surface area contributed by atoms with Crippen LogP contribution >= 0.6 is 0 Å². The van der Waals surface area contributed by atoms with Crippen molar-refractivity contribution >= 4 is 27.8 Å². The molecule has 1 N–H and O–H groups in total. The van der Waals surface area contributed by atoms with Crippen molar-refractivity contribution in [1.82, 2.24) is 0 Å². The summed E-state index contributed by atoms with van der Waals surface area (Å²) in [4.78, 5) is 13.4. The number of alkyl halides is 3. The summed E-state index contributed by atoms with van der Waals surface area (Å²) in [6, 6.07) is 16.5. The topological polar surface area (TPSA) is 29.1 Å².